The van der Waals surface area contributed by atoms with Crippen LogP contribution in [0.2, 0.25) is 0 Å². The molecule has 2 rings (SSSR count). The normalized spacial score (nSPS) is 11.2. The second-order valence-corrected chi connectivity index (χ2v) is 4.87. The zero-order valence-electron chi connectivity index (χ0n) is 10.6. The minimum atomic E-state index is -0.490. The molecule has 6 nitrogen and oxygen atoms in total. The first-order valence-electron chi connectivity index (χ1n) is 5.72. The highest BCUT2D eigenvalue weighted by Crippen LogP contribution is 2.12. The molecule has 102 valence electrons. The van der Waals surface area contributed by atoms with Gasteiger partial charge in [-0.25, -0.2) is 10.5 Å². The summed E-state index contributed by atoms with van der Waals surface area (Å²) in [6.45, 7) is 1.78. The van der Waals surface area contributed by atoms with Gasteiger partial charge in [0.1, 0.15) is 0 Å². The number of benzene rings is 1. The van der Waals surface area contributed by atoms with E-state index in [0.717, 1.165) is 10.0 Å². The van der Waals surface area contributed by atoms with Crippen molar-refractivity contribution in [3.8, 4) is 0 Å². The van der Waals surface area contributed by atoms with Crippen LogP contribution in [0.3, 0.4) is 0 Å². The third-order valence-electron chi connectivity index (χ3n) is 2.48. The summed E-state index contributed by atoms with van der Waals surface area (Å²) >= 11 is 3.37. The smallest absolute Gasteiger partial charge is 0.268 e. The number of H-pyrrole nitrogens is 1. The summed E-state index contributed by atoms with van der Waals surface area (Å²) < 4.78 is 0.929. The number of halogens is 1. The number of hydrogen-bond donors (Lipinski definition) is 2. The zero-order chi connectivity index (χ0) is 14.5. The van der Waals surface area contributed by atoms with Gasteiger partial charge in [0.2, 0.25) is 0 Å². The largest absolute Gasteiger partial charge is 0.291 e. The van der Waals surface area contributed by atoms with Crippen molar-refractivity contribution in [2.75, 3.05) is 0 Å². The van der Waals surface area contributed by atoms with Gasteiger partial charge in [-0.05, 0) is 30.7 Å². The molecule has 7 heteroatoms. The van der Waals surface area contributed by atoms with Gasteiger partial charge < -0.3 is 0 Å². The lowest BCUT2D eigenvalue weighted by molar-refractivity contribution is 0.0948. The summed E-state index contributed by atoms with van der Waals surface area (Å²) in [7, 11) is 0. The van der Waals surface area contributed by atoms with Crippen LogP contribution in [0.1, 0.15) is 23.0 Å². The monoisotopic (exact) mass is 334 g/mol. The van der Waals surface area contributed by atoms with Gasteiger partial charge in [-0.1, -0.05) is 28.1 Å². The molecule has 0 unspecified atom stereocenters. The second kappa shape index (κ2) is 6.25. The van der Waals surface area contributed by atoms with E-state index in [-0.39, 0.29) is 11.3 Å². The van der Waals surface area contributed by atoms with E-state index in [2.05, 4.69) is 36.7 Å². The fraction of sp³-hybridized carbons (Fsp3) is 0.0769. The number of carbonyl (C=O) groups is 1. The fourth-order valence-corrected chi connectivity index (χ4v) is 1.84. The first-order valence-corrected chi connectivity index (χ1v) is 6.52. The fourth-order valence-electron chi connectivity index (χ4n) is 1.44. The molecule has 0 aliphatic carbocycles. The van der Waals surface area contributed by atoms with Crippen molar-refractivity contribution in [2.24, 2.45) is 5.10 Å². The van der Waals surface area contributed by atoms with Gasteiger partial charge in [-0.2, -0.15) is 10.2 Å². The summed E-state index contributed by atoms with van der Waals surface area (Å²) in [5.41, 5.74) is 3.65. The Bertz CT molecular complexity index is 704. The second-order valence-electron chi connectivity index (χ2n) is 3.95. The molecular weight excluding hydrogens is 324 g/mol. The molecule has 1 aromatic heterocycles. The maximum absolute atomic E-state index is 11.7. The number of aromatic nitrogens is 2. The Morgan fingerprint density at radius 3 is 2.80 bits per heavy atom. The van der Waals surface area contributed by atoms with E-state index >= 15 is 0 Å². The Hall–Kier alpha value is -2.28. The minimum absolute atomic E-state index is 0.0930. The van der Waals surface area contributed by atoms with Crippen molar-refractivity contribution >= 4 is 27.5 Å². The van der Waals surface area contributed by atoms with Crippen LogP contribution < -0.4 is 11.0 Å². The van der Waals surface area contributed by atoms with Gasteiger partial charge in [0, 0.05) is 10.5 Å². The van der Waals surface area contributed by atoms with Gasteiger partial charge in [-0.3, -0.25) is 9.59 Å². The number of hydrogen-bond acceptors (Lipinski definition) is 4. The number of nitrogens with zero attached hydrogens (tertiary/aromatic N) is 2. The van der Waals surface area contributed by atoms with Crippen LogP contribution in [0.5, 0.6) is 0 Å². The first kappa shape index (κ1) is 14.1. The molecule has 1 amide bonds. The first-order chi connectivity index (χ1) is 9.56. The van der Waals surface area contributed by atoms with Crippen molar-refractivity contribution in [3.63, 3.8) is 0 Å². The maximum Gasteiger partial charge on any atom is 0.291 e. The Kier molecular flexibility index (Phi) is 4.41. The van der Waals surface area contributed by atoms with Crippen LogP contribution >= 0.6 is 15.9 Å². The van der Waals surface area contributed by atoms with Gasteiger partial charge in [0.05, 0.1) is 5.71 Å². The molecule has 0 atom stereocenters. The van der Waals surface area contributed by atoms with E-state index in [1.54, 1.807) is 6.92 Å². The summed E-state index contributed by atoms with van der Waals surface area (Å²) in [6.07, 6.45) is 0. The van der Waals surface area contributed by atoms with Gasteiger partial charge in [0.15, 0.2) is 5.69 Å². The molecule has 0 saturated heterocycles. The van der Waals surface area contributed by atoms with Crippen molar-refractivity contribution in [2.45, 2.75) is 6.92 Å². The predicted molar refractivity (Wildman–Crippen MR) is 78.7 cm³/mol. The van der Waals surface area contributed by atoms with Gasteiger partial charge >= 0.3 is 0 Å². The predicted octanol–water partition coefficient (Wildman–Crippen LogP) is 1.69. The number of nitrogens with one attached hydrogen (secondary N) is 2. The van der Waals surface area contributed by atoms with E-state index in [4.69, 9.17) is 0 Å². The average Bonchev–Trinajstić information content (AvgIpc) is 2.45. The van der Waals surface area contributed by atoms with E-state index in [0.29, 0.717) is 5.71 Å². The van der Waals surface area contributed by atoms with Crippen LogP contribution in [-0.2, 0) is 0 Å². The molecule has 0 spiro atoms. The zero-order valence-corrected chi connectivity index (χ0v) is 12.1. The molecule has 20 heavy (non-hydrogen) atoms. The Labute approximate surface area is 123 Å². The topological polar surface area (TPSA) is 87.2 Å². The quantitative estimate of drug-likeness (QED) is 0.661. The molecule has 2 N–H and O–H groups in total. The van der Waals surface area contributed by atoms with Crippen molar-refractivity contribution < 1.29 is 4.79 Å². The Morgan fingerprint density at radius 1 is 1.35 bits per heavy atom. The lowest BCUT2D eigenvalue weighted by Crippen LogP contribution is -2.22. The van der Waals surface area contributed by atoms with E-state index < -0.39 is 5.91 Å². The van der Waals surface area contributed by atoms with Crippen LogP contribution in [0.4, 0.5) is 0 Å². The third-order valence-corrected chi connectivity index (χ3v) is 2.97. The SMILES string of the molecule is CC(=NNC(=O)c1ccc(=O)[nH]n1)c1cccc(Br)c1. The van der Waals surface area contributed by atoms with Gasteiger partial charge in [0.25, 0.3) is 11.5 Å². The highest BCUT2D eigenvalue weighted by atomic mass is 79.9. The number of rotatable bonds is 3. The molecule has 0 bridgehead atoms. The lowest BCUT2D eigenvalue weighted by atomic mass is 10.1. The van der Waals surface area contributed by atoms with Crippen molar-refractivity contribution in [3.05, 3.63) is 62.5 Å². The van der Waals surface area contributed by atoms with Crippen LogP contribution in [0.15, 0.2) is 50.8 Å². The van der Waals surface area contributed by atoms with E-state index in [1.807, 2.05) is 24.3 Å². The third kappa shape index (κ3) is 3.61. The molecule has 0 aliphatic rings. The average molecular weight is 335 g/mol. The van der Waals surface area contributed by atoms with E-state index in [9.17, 15) is 9.59 Å². The summed E-state index contributed by atoms with van der Waals surface area (Å²) in [5, 5.41) is 9.80. The Morgan fingerprint density at radius 2 is 2.15 bits per heavy atom. The summed E-state index contributed by atoms with van der Waals surface area (Å²) in [6, 6.07) is 10.1. The lowest BCUT2D eigenvalue weighted by Gasteiger charge is -2.02. The number of aromatic amines is 1. The van der Waals surface area contributed by atoms with Crippen LogP contribution in [-0.4, -0.2) is 21.8 Å². The summed E-state index contributed by atoms with van der Waals surface area (Å²) in [4.78, 5) is 22.6. The number of carbonyl (C=O) groups excluding carboxylic acids is 1. The maximum atomic E-state index is 11.7. The minimum Gasteiger partial charge on any atom is -0.268 e. The molecule has 0 radical (unpaired) electrons. The molecule has 1 heterocycles. The van der Waals surface area contributed by atoms with Crippen LogP contribution in [0, 0.1) is 0 Å². The molecular formula is C13H11BrN4O2. The Balaban J connectivity index is 2.10. The number of amides is 1. The highest BCUT2D eigenvalue weighted by Gasteiger charge is 2.06. The van der Waals surface area contributed by atoms with E-state index in [1.165, 1.54) is 12.1 Å². The molecule has 2 aromatic rings. The molecule has 1 aromatic carbocycles. The highest BCUT2D eigenvalue weighted by molar-refractivity contribution is 9.10. The van der Waals surface area contributed by atoms with Crippen LogP contribution in [0.25, 0.3) is 0 Å². The molecule has 0 fully saturated rings. The molecule has 0 aliphatic heterocycles. The summed E-state index contributed by atoms with van der Waals surface area (Å²) in [5.74, 6) is -0.490. The molecule has 0 saturated carbocycles. The van der Waals surface area contributed by atoms with Crippen molar-refractivity contribution in [1.29, 1.82) is 0 Å². The standard InChI is InChI=1S/C13H11BrN4O2/c1-8(9-3-2-4-10(14)7-9)15-18-13(20)11-5-6-12(19)17-16-11/h2-7H,1H3,(H,17,19)(H,18,20). The van der Waals surface area contributed by atoms with Gasteiger partial charge in [-0.15, -0.1) is 0 Å². The number of hydrazone groups is 1. The van der Waals surface area contributed by atoms with Crippen molar-refractivity contribution in [1.82, 2.24) is 15.6 Å².